The predicted octanol–water partition coefficient (Wildman–Crippen LogP) is 7.97. The summed E-state index contributed by atoms with van der Waals surface area (Å²) in [6, 6.07) is 12.2. The van der Waals surface area contributed by atoms with Gasteiger partial charge in [0.15, 0.2) is 0 Å². The summed E-state index contributed by atoms with van der Waals surface area (Å²) in [6.45, 7) is 21.5. The molecule has 2 aromatic carbocycles. The van der Waals surface area contributed by atoms with Gasteiger partial charge in [-0.15, -0.1) is 0 Å². The Bertz CT molecular complexity index is 905. The van der Waals surface area contributed by atoms with Gasteiger partial charge in [0.25, 0.3) is 0 Å². The molecule has 0 radical (unpaired) electrons. The second-order valence-corrected chi connectivity index (χ2v) is 14.4. The SMILES string of the molecule is CC(C)S12c3cc(C(C)(C)C)ccc3-c3ccc(C(C)(C)C)c(c31)C2C. The Balaban J connectivity index is 2.05. The van der Waals surface area contributed by atoms with Crippen LogP contribution in [-0.2, 0) is 10.8 Å². The molecule has 2 atom stereocenters. The van der Waals surface area contributed by atoms with Gasteiger partial charge in [-0.3, -0.25) is 0 Å². The zero-order chi connectivity index (χ0) is 19.2. The highest BCUT2D eigenvalue weighted by atomic mass is 32.3. The van der Waals surface area contributed by atoms with Crippen LogP contribution in [0.3, 0.4) is 0 Å². The molecule has 26 heavy (non-hydrogen) atoms. The van der Waals surface area contributed by atoms with Crippen molar-refractivity contribution in [2.24, 2.45) is 0 Å². The first-order valence-electron chi connectivity index (χ1n) is 10.0. The topological polar surface area (TPSA) is 0 Å². The summed E-state index contributed by atoms with van der Waals surface area (Å²) in [5, 5.41) is 1.36. The molecule has 0 aromatic heterocycles. The molecule has 0 spiro atoms. The van der Waals surface area contributed by atoms with E-state index in [1.54, 1.807) is 20.9 Å². The van der Waals surface area contributed by atoms with Crippen LogP contribution in [0.15, 0.2) is 40.1 Å². The Morgan fingerprint density at radius 3 is 2.00 bits per heavy atom. The maximum Gasteiger partial charge on any atom is 0.0205 e. The monoisotopic (exact) mass is 366 g/mol. The predicted molar refractivity (Wildman–Crippen MR) is 117 cm³/mol. The van der Waals surface area contributed by atoms with Gasteiger partial charge in [-0.1, -0.05) is 79.7 Å². The minimum atomic E-state index is -0.921. The minimum Gasteiger partial charge on any atom is -0.177 e. The van der Waals surface area contributed by atoms with Gasteiger partial charge in [-0.2, -0.15) is 10.0 Å². The fraction of sp³-hybridized carbons (Fsp3) is 0.520. The Labute approximate surface area is 161 Å². The summed E-state index contributed by atoms with van der Waals surface area (Å²) < 4.78 is 0. The molecule has 0 N–H and O–H groups in total. The maximum absolute atomic E-state index is 2.57. The molecule has 0 saturated heterocycles. The van der Waals surface area contributed by atoms with Gasteiger partial charge >= 0.3 is 0 Å². The molecule has 0 nitrogen and oxygen atoms in total. The molecular weight excluding hydrogens is 332 g/mol. The zero-order valence-corrected chi connectivity index (χ0v) is 18.8. The van der Waals surface area contributed by atoms with Crippen LogP contribution in [0.5, 0.6) is 0 Å². The highest BCUT2D eigenvalue weighted by molar-refractivity contribution is 8.35. The standard InChI is InChI=1S/C25H34S/c1-15(2)26-16(3)22-20(25(7,8)9)13-12-19(23(22)26)18-11-10-17(14-21(18)26)24(4,5)6/h10-16H,1-9H3. The van der Waals surface area contributed by atoms with Gasteiger partial charge in [0.2, 0.25) is 0 Å². The molecular formula is C25H34S. The van der Waals surface area contributed by atoms with E-state index >= 15 is 0 Å². The molecule has 4 rings (SSSR count). The van der Waals surface area contributed by atoms with Crippen molar-refractivity contribution in [3.05, 3.63) is 47.0 Å². The third kappa shape index (κ3) is 2.04. The molecule has 2 heterocycles. The van der Waals surface area contributed by atoms with Crippen LogP contribution in [0.4, 0.5) is 0 Å². The summed E-state index contributed by atoms with van der Waals surface area (Å²) in [5.41, 5.74) is 8.19. The van der Waals surface area contributed by atoms with Crippen LogP contribution in [0, 0.1) is 0 Å². The lowest BCUT2D eigenvalue weighted by Crippen LogP contribution is -2.30. The van der Waals surface area contributed by atoms with Gasteiger partial charge in [0.1, 0.15) is 0 Å². The van der Waals surface area contributed by atoms with E-state index in [-0.39, 0.29) is 10.8 Å². The Morgan fingerprint density at radius 2 is 1.46 bits per heavy atom. The van der Waals surface area contributed by atoms with Crippen molar-refractivity contribution in [1.82, 2.24) is 0 Å². The Hall–Kier alpha value is -1.21. The van der Waals surface area contributed by atoms with Crippen molar-refractivity contribution >= 4 is 10.0 Å². The van der Waals surface area contributed by atoms with E-state index in [1.165, 1.54) is 16.7 Å². The highest BCUT2D eigenvalue weighted by Crippen LogP contribution is 2.88. The molecule has 2 unspecified atom stereocenters. The molecule has 0 aliphatic carbocycles. The molecule has 0 saturated carbocycles. The average Bonchev–Trinajstić information content (AvgIpc) is 2.80. The molecule has 0 bridgehead atoms. The van der Waals surface area contributed by atoms with E-state index in [1.807, 2.05) is 0 Å². The van der Waals surface area contributed by atoms with E-state index < -0.39 is 10.0 Å². The Morgan fingerprint density at radius 1 is 0.846 bits per heavy atom. The summed E-state index contributed by atoms with van der Waals surface area (Å²) in [6.07, 6.45) is 0. The van der Waals surface area contributed by atoms with Crippen molar-refractivity contribution < 1.29 is 0 Å². The zero-order valence-electron chi connectivity index (χ0n) is 17.9. The summed E-state index contributed by atoms with van der Waals surface area (Å²) >= 11 is 0. The minimum absolute atomic E-state index is 0.202. The molecule has 2 aliphatic heterocycles. The second-order valence-electron chi connectivity index (χ2n) is 10.5. The largest absolute Gasteiger partial charge is 0.177 e. The smallest absolute Gasteiger partial charge is 0.0205 e. The van der Waals surface area contributed by atoms with E-state index in [0.29, 0.717) is 10.5 Å². The Kier molecular flexibility index (Phi) is 3.63. The second kappa shape index (κ2) is 5.19. The molecule has 0 amide bonds. The van der Waals surface area contributed by atoms with Crippen molar-refractivity contribution in [3.63, 3.8) is 0 Å². The van der Waals surface area contributed by atoms with E-state index in [4.69, 9.17) is 0 Å². The van der Waals surface area contributed by atoms with Gasteiger partial charge in [0, 0.05) is 15.0 Å². The normalized spacial score (nSPS) is 26.2. The lowest BCUT2D eigenvalue weighted by molar-refractivity contribution is 0.576. The number of hydrogen-bond donors (Lipinski definition) is 0. The van der Waals surface area contributed by atoms with Crippen molar-refractivity contribution in [2.75, 3.05) is 0 Å². The van der Waals surface area contributed by atoms with Crippen LogP contribution in [0.25, 0.3) is 11.1 Å². The average molecular weight is 367 g/mol. The summed E-state index contributed by atoms with van der Waals surface area (Å²) in [4.78, 5) is 3.40. The van der Waals surface area contributed by atoms with Crippen molar-refractivity contribution in [1.29, 1.82) is 0 Å². The van der Waals surface area contributed by atoms with Crippen molar-refractivity contribution in [3.8, 4) is 11.1 Å². The molecule has 2 aliphatic rings. The third-order valence-corrected chi connectivity index (χ3v) is 11.6. The van der Waals surface area contributed by atoms with E-state index in [9.17, 15) is 0 Å². The molecule has 1 heteroatoms. The van der Waals surface area contributed by atoms with Crippen LogP contribution in [-0.4, -0.2) is 5.25 Å². The lowest BCUT2D eigenvalue weighted by Gasteiger charge is -2.58. The van der Waals surface area contributed by atoms with Crippen LogP contribution >= 0.6 is 10.0 Å². The first-order valence-corrected chi connectivity index (χ1v) is 11.8. The number of benzene rings is 2. The number of fused-ring (bicyclic) bond motifs is 3. The fourth-order valence-corrected chi connectivity index (χ4v) is 10.5. The summed E-state index contributed by atoms with van der Waals surface area (Å²) in [7, 11) is -0.921. The van der Waals surface area contributed by atoms with Gasteiger partial charge in [-0.25, -0.2) is 0 Å². The first-order chi connectivity index (χ1) is 11.9. The van der Waals surface area contributed by atoms with Crippen LogP contribution in [0.2, 0.25) is 0 Å². The lowest BCUT2D eigenvalue weighted by atomic mass is 9.81. The van der Waals surface area contributed by atoms with E-state index in [2.05, 4.69) is 92.6 Å². The molecule has 0 fully saturated rings. The first kappa shape index (κ1) is 18.2. The fourth-order valence-electron chi connectivity index (χ4n) is 5.23. The van der Waals surface area contributed by atoms with Crippen LogP contribution in [0.1, 0.15) is 84.3 Å². The number of hydrogen-bond acceptors (Lipinski definition) is 0. The van der Waals surface area contributed by atoms with Gasteiger partial charge < -0.3 is 0 Å². The van der Waals surface area contributed by atoms with Gasteiger partial charge in [-0.05, 0) is 56.9 Å². The molecule has 2 aromatic rings. The summed E-state index contributed by atoms with van der Waals surface area (Å²) in [5.74, 6) is 0. The third-order valence-electron chi connectivity index (χ3n) is 6.55. The quantitative estimate of drug-likeness (QED) is 0.480. The van der Waals surface area contributed by atoms with Crippen LogP contribution < -0.4 is 0 Å². The maximum atomic E-state index is 2.57. The van der Waals surface area contributed by atoms with Gasteiger partial charge in [0.05, 0.1) is 0 Å². The van der Waals surface area contributed by atoms with E-state index in [0.717, 1.165) is 0 Å². The number of rotatable bonds is 1. The van der Waals surface area contributed by atoms with Crippen molar-refractivity contribution in [2.45, 2.75) is 93.4 Å². The highest BCUT2D eigenvalue weighted by Gasteiger charge is 2.56. The molecule has 140 valence electrons.